The summed E-state index contributed by atoms with van der Waals surface area (Å²) in [6, 6.07) is 49.7. The molecule has 1 aromatic heterocycles. The first-order valence-electron chi connectivity index (χ1n) is 14.6. The Balaban J connectivity index is 1.17. The van der Waals surface area contributed by atoms with E-state index in [2.05, 4.69) is 158 Å². The summed E-state index contributed by atoms with van der Waals surface area (Å²) in [5, 5.41) is 3.41. The maximum Gasteiger partial charge on any atom is 0.173 e. The van der Waals surface area contributed by atoms with Gasteiger partial charge in [0.15, 0.2) is 5.82 Å². The van der Waals surface area contributed by atoms with E-state index in [0.29, 0.717) is 0 Å². The van der Waals surface area contributed by atoms with E-state index in [4.69, 9.17) is 9.36 Å². The molecular weight excluding hydrogens is 543 g/mol. The number of para-hydroxylation sites is 2. The molecule has 4 heteroatoms. The maximum absolute atomic E-state index is 5.03. The van der Waals surface area contributed by atoms with Gasteiger partial charge in [0.05, 0.1) is 11.4 Å². The van der Waals surface area contributed by atoms with Crippen LogP contribution < -0.4 is 4.90 Å². The van der Waals surface area contributed by atoms with Gasteiger partial charge < -0.3 is 4.90 Å². The molecule has 6 aromatic carbocycles. The number of fused-ring (bicyclic) bond motifs is 3. The SMILES string of the molecule is CC1(C)c2ccccc2N(c2cccc(-c3nsc(-c4cccc(-c5cccc6ccccc56)c4)n3)c2)c2ccccc21. The van der Waals surface area contributed by atoms with E-state index in [0.717, 1.165) is 27.6 Å². The van der Waals surface area contributed by atoms with E-state index >= 15 is 0 Å². The summed E-state index contributed by atoms with van der Waals surface area (Å²) in [7, 11) is 0. The quantitative estimate of drug-likeness (QED) is 0.210. The predicted octanol–water partition coefficient (Wildman–Crippen LogP) is 10.8. The molecule has 7 aromatic rings. The van der Waals surface area contributed by atoms with Crippen molar-refractivity contribution in [1.29, 1.82) is 0 Å². The maximum atomic E-state index is 5.03. The number of anilines is 3. The van der Waals surface area contributed by atoms with Crippen LogP contribution in [0.3, 0.4) is 0 Å². The molecular formula is C39H29N3S. The van der Waals surface area contributed by atoms with Gasteiger partial charge in [-0.1, -0.05) is 123 Å². The summed E-state index contributed by atoms with van der Waals surface area (Å²) in [4.78, 5) is 7.41. The number of hydrogen-bond acceptors (Lipinski definition) is 4. The molecule has 206 valence electrons. The summed E-state index contributed by atoms with van der Waals surface area (Å²) < 4.78 is 4.83. The molecule has 0 bridgehead atoms. The van der Waals surface area contributed by atoms with E-state index < -0.39 is 0 Å². The smallest absolute Gasteiger partial charge is 0.173 e. The Bertz CT molecular complexity index is 2090. The number of benzene rings is 6. The minimum atomic E-state index is -0.0900. The molecule has 0 saturated heterocycles. The van der Waals surface area contributed by atoms with Crippen LogP contribution in [0.1, 0.15) is 25.0 Å². The molecule has 8 rings (SSSR count). The lowest BCUT2D eigenvalue weighted by molar-refractivity contribution is 0.632. The van der Waals surface area contributed by atoms with E-state index in [1.165, 1.54) is 55.9 Å². The van der Waals surface area contributed by atoms with Crippen molar-refractivity contribution >= 4 is 39.4 Å². The molecule has 0 radical (unpaired) electrons. The van der Waals surface area contributed by atoms with Gasteiger partial charge in [-0.15, -0.1) is 0 Å². The van der Waals surface area contributed by atoms with E-state index in [1.807, 2.05) is 0 Å². The molecule has 0 spiro atoms. The van der Waals surface area contributed by atoms with Crippen LogP contribution in [0.25, 0.3) is 43.9 Å². The molecule has 0 saturated carbocycles. The molecule has 0 N–H and O–H groups in total. The highest BCUT2D eigenvalue weighted by atomic mass is 32.1. The zero-order valence-electron chi connectivity index (χ0n) is 24.0. The van der Waals surface area contributed by atoms with E-state index in [-0.39, 0.29) is 5.41 Å². The molecule has 2 heterocycles. The minimum absolute atomic E-state index is 0.0900. The van der Waals surface area contributed by atoms with Crippen LogP contribution in [-0.2, 0) is 5.41 Å². The summed E-state index contributed by atoms with van der Waals surface area (Å²) in [6.45, 7) is 4.63. The highest BCUT2D eigenvalue weighted by Gasteiger charge is 2.36. The lowest BCUT2D eigenvalue weighted by Gasteiger charge is -2.42. The lowest BCUT2D eigenvalue weighted by atomic mass is 9.73. The second-order valence-corrected chi connectivity index (χ2v) is 12.3. The minimum Gasteiger partial charge on any atom is -0.310 e. The van der Waals surface area contributed by atoms with Gasteiger partial charge in [-0.05, 0) is 74.9 Å². The number of aromatic nitrogens is 2. The standard InChI is InChI=1S/C39H29N3S/c1-39(2)33-20-5-7-22-35(33)42(36-23-8-6-21-34(36)39)30-17-10-15-28(25-30)37-40-38(43-41-37)29-16-9-14-27(24-29)32-19-11-13-26-12-3-4-18-31(26)32/h3-25H,1-2H3. The van der Waals surface area contributed by atoms with E-state index in [9.17, 15) is 0 Å². The molecule has 0 atom stereocenters. The van der Waals surface area contributed by atoms with Gasteiger partial charge in [-0.25, -0.2) is 4.98 Å². The van der Waals surface area contributed by atoms with Crippen molar-refractivity contribution in [3.05, 3.63) is 151 Å². The first-order valence-corrected chi connectivity index (χ1v) is 15.4. The van der Waals surface area contributed by atoms with Crippen LogP contribution in [0, 0.1) is 0 Å². The average Bonchev–Trinajstić information content (AvgIpc) is 3.56. The van der Waals surface area contributed by atoms with Crippen LogP contribution in [-0.4, -0.2) is 9.36 Å². The van der Waals surface area contributed by atoms with Crippen LogP contribution in [0.5, 0.6) is 0 Å². The molecule has 0 unspecified atom stereocenters. The third kappa shape index (κ3) is 4.26. The van der Waals surface area contributed by atoms with E-state index in [1.54, 1.807) is 0 Å². The zero-order valence-corrected chi connectivity index (χ0v) is 24.8. The van der Waals surface area contributed by atoms with Crippen LogP contribution in [0.15, 0.2) is 140 Å². The number of nitrogens with zero attached hydrogens (tertiary/aromatic N) is 3. The molecule has 43 heavy (non-hydrogen) atoms. The Labute approximate surface area is 255 Å². The summed E-state index contributed by atoms with van der Waals surface area (Å²) in [5.41, 5.74) is 10.5. The predicted molar refractivity (Wildman–Crippen MR) is 181 cm³/mol. The van der Waals surface area contributed by atoms with Crippen molar-refractivity contribution in [3.8, 4) is 33.1 Å². The fraction of sp³-hybridized carbons (Fsp3) is 0.0769. The monoisotopic (exact) mass is 571 g/mol. The van der Waals surface area contributed by atoms with Gasteiger partial charge in [0.25, 0.3) is 0 Å². The van der Waals surface area contributed by atoms with Crippen molar-refractivity contribution in [2.75, 3.05) is 4.90 Å². The fourth-order valence-electron chi connectivity index (χ4n) is 6.49. The van der Waals surface area contributed by atoms with Crippen molar-refractivity contribution in [1.82, 2.24) is 9.36 Å². The van der Waals surface area contributed by atoms with Gasteiger partial charge in [0, 0.05) is 22.2 Å². The average molecular weight is 572 g/mol. The third-order valence-electron chi connectivity index (χ3n) is 8.64. The number of hydrogen-bond donors (Lipinski definition) is 0. The molecule has 3 nitrogen and oxygen atoms in total. The van der Waals surface area contributed by atoms with Gasteiger partial charge in [0.2, 0.25) is 0 Å². The van der Waals surface area contributed by atoms with Crippen molar-refractivity contribution in [3.63, 3.8) is 0 Å². The Morgan fingerprint density at radius 3 is 2.02 bits per heavy atom. The summed E-state index contributed by atoms with van der Waals surface area (Å²) in [6.07, 6.45) is 0. The van der Waals surface area contributed by atoms with Crippen LogP contribution >= 0.6 is 11.5 Å². The third-order valence-corrected chi connectivity index (χ3v) is 9.40. The Hall–Kier alpha value is -5.06. The lowest BCUT2D eigenvalue weighted by Crippen LogP contribution is -2.30. The Kier molecular flexibility index (Phi) is 5.99. The highest BCUT2D eigenvalue weighted by Crippen LogP contribution is 2.51. The van der Waals surface area contributed by atoms with Crippen molar-refractivity contribution in [2.45, 2.75) is 19.3 Å². The fourth-order valence-corrected chi connectivity index (χ4v) is 7.17. The Morgan fingerprint density at radius 1 is 0.581 bits per heavy atom. The highest BCUT2D eigenvalue weighted by molar-refractivity contribution is 7.09. The molecule has 0 amide bonds. The molecule has 0 aliphatic carbocycles. The van der Waals surface area contributed by atoms with Crippen molar-refractivity contribution < 1.29 is 0 Å². The van der Waals surface area contributed by atoms with Crippen LogP contribution in [0.4, 0.5) is 17.1 Å². The van der Waals surface area contributed by atoms with Crippen molar-refractivity contribution in [2.24, 2.45) is 0 Å². The molecule has 1 aliphatic heterocycles. The second-order valence-electron chi connectivity index (χ2n) is 11.6. The molecule has 1 aliphatic rings. The second kappa shape index (κ2) is 10.0. The van der Waals surface area contributed by atoms with Gasteiger partial charge in [-0.2, -0.15) is 4.37 Å². The topological polar surface area (TPSA) is 29.0 Å². The van der Waals surface area contributed by atoms with Gasteiger partial charge >= 0.3 is 0 Å². The van der Waals surface area contributed by atoms with Gasteiger partial charge in [-0.3, -0.25) is 0 Å². The summed E-state index contributed by atoms with van der Waals surface area (Å²) in [5.74, 6) is 0.747. The first-order chi connectivity index (χ1) is 21.1. The zero-order chi connectivity index (χ0) is 29.0. The first kappa shape index (κ1) is 25.6. The van der Waals surface area contributed by atoms with Crippen LogP contribution in [0.2, 0.25) is 0 Å². The van der Waals surface area contributed by atoms with Gasteiger partial charge in [0.1, 0.15) is 5.01 Å². The Morgan fingerprint density at radius 2 is 1.21 bits per heavy atom. The largest absolute Gasteiger partial charge is 0.310 e. The molecule has 0 fully saturated rings. The summed E-state index contributed by atoms with van der Waals surface area (Å²) >= 11 is 1.45. The number of rotatable bonds is 4. The normalized spacial score (nSPS) is 13.5.